The smallest absolute Gasteiger partial charge is 0.0842 e. The van der Waals surface area contributed by atoms with Crippen LogP contribution in [-0.4, -0.2) is 28.1 Å². The van der Waals surface area contributed by atoms with Crippen LogP contribution in [0.5, 0.6) is 0 Å². The Morgan fingerprint density at radius 3 is 2.81 bits per heavy atom. The van der Waals surface area contributed by atoms with Crippen LogP contribution in [0.1, 0.15) is 37.8 Å². The Kier molecular flexibility index (Phi) is 3.93. The molecule has 1 aromatic rings. The van der Waals surface area contributed by atoms with Crippen molar-refractivity contribution in [2.24, 2.45) is 13.0 Å². The van der Waals surface area contributed by atoms with E-state index in [1.54, 1.807) is 4.68 Å². The van der Waals surface area contributed by atoms with Gasteiger partial charge in [-0.15, -0.1) is 5.10 Å². The third-order valence-electron chi connectivity index (χ3n) is 3.61. The van der Waals surface area contributed by atoms with E-state index in [0.717, 1.165) is 18.0 Å². The van der Waals surface area contributed by atoms with Crippen LogP contribution in [0.3, 0.4) is 0 Å². The van der Waals surface area contributed by atoms with Crippen molar-refractivity contribution in [1.82, 2.24) is 20.3 Å². The lowest BCUT2D eigenvalue weighted by Crippen LogP contribution is -2.29. The second-order valence-electron chi connectivity index (χ2n) is 4.96. The number of aryl methyl sites for hydroxylation is 1. The molecule has 0 amide bonds. The number of rotatable bonds is 5. The Labute approximate surface area is 97.4 Å². The molecule has 0 spiro atoms. The number of likely N-dealkylation sites (N-methyl/N-ethyl adjacent to an activating group) is 1. The minimum atomic E-state index is 0.555. The molecule has 1 aromatic heterocycles. The van der Waals surface area contributed by atoms with Crippen LogP contribution in [0.2, 0.25) is 0 Å². The Morgan fingerprint density at radius 2 is 2.25 bits per heavy atom. The summed E-state index contributed by atoms with van der Waals surface area (Å²) in [5.41, 5.74) is 1.10. The Hall–Kier alpha value is -0.900. The van der Waals surface area contributed by atoms with Crippen LogP contribution in [-0.2, 0) is 13.5 Å². The second-order valence-corrected chi connectivity index (χ2v) is 4.96. The largest absolute Gasteiger partial charge is 0.317 e. The van der Waals surface area contributed by atoms with Crippen molar-refractivity contribution in [2.45, 2.75) is 44.6 Å². The molecule has 1 N–H and O–H groups in total. The first-order chi connectivity index (χ1) is 7.78. The topological polar surface area (TPSA) is 42.7 Å². The molecule has 1 saturated carbocycles. The van der Waals surface area contributed by atoms with Crippen molar-refractivity contribution in [2.75, 3.05) is 7.05 Å². The molecule has 1 heterocycles. The van der Waals surface area contributed by atoms with E-state index in [4.69, 9.17) is 0 Å². The van der Waals surface area contributed by atoms with E-state index in [1.807, 2.05) is 13.2 Å². The van der Waals surface area contributed by atoms with Crippen molar-refractivity contribution < 1.29 is 0 Å². The standard InChI is InChI=1S/C12H22N4/c1-13-11(7-10-5-3-4-6-10)8-12-9-16(2)15-14-12/h9-11,13H,3-8H2,1-2H3. The van der Waals surface area contributed by atoms with Crippen LogP contribution in [0, 0.1) is 5.92 Å². The molecule has 0 aliphatic heterocycles. The number of aromatic nitrogens is 3. The molecule has 1 atom stereocenters. The van der Waals surface area contributed by atoms with E-state index >= 15 is 0 Å². The fraction of sp³-hybridized carbons (Fsp3) is 0.833. The lowest BCUT2D eigenvalue weighted by atomic mass is 9.96. The van der Waals surface area contributed by atoms with Gasteiger partial charge in [0.1, 0.15) is 0 Å². The van der Waals surface area contributed by atoms with Crippen molar-refractivity contribution in [3.63, 3.8) is 0 Å². The molecular weight excluding hydrogens is 200 g/mol. The number of hydrogen-bond acceptors (Lipinski definition) is 3. The van der Waals surface area contributed by atoms with Gasteiger partial charge in [0.2, 0.25) is 0 Å². The third kappa shape index (κ3) is 3.04. The van der Waals surface area contributed by atoms with E-state index in [0.29, 0.717) is 6.04 Å². The molecule has 1 fully saturated rings. The minimum Gasteiger partial charge on any atom is -0.317 e. The van der Waals surface area contributed by atoms with E-state index < -0.39 is 0 Å². The Balaban J connectivity index is 1.84. The average molecular weight is 222 g/mol. The van der Waals surface area contributed by atoms with Gasteiger partial charge in [-0.3, -0.25) is 4.68 Å². The van der Waals surface area contributed by atoms with Gasteiger partial charge in [0, 0.05) is 25.7 Å². The van der Waals surface area contributed by atoms with Crippen LogP contribution in [0.15, 0.2) is 6.20 Å². The number of nitrogens with zero attached hydrogens (tertiary/aromatic N) is 3. The molecule has 2 rings (SSSR count). The molecule has 0 bridgehead atoms. The third-order valence-corrected chi connectivity index (χ3v) is 3.61. The van der Waals surface area contributed by atoms with Gasteiger partial charge in [0.25, 0.3) is 0 Å². The normalized spacial score (nSPS) is 19.1. The van der Waals surface area contributed by atoms with Gasteiger partial charge < -0.3 is 5.32 Å². The van der Waals surface area contributed by atoms with E-state index in [1.165, 1.54) is 32.1 Å². The second kappa shape index (κ2) is 5.43. The first-order valence-corrected chi connectivity index (χ1v) is 6.30. The minimum absolute atomic E-state index is 0.555. The lowest BCUT2D eigenvalue weighted by molar-refractivity contribution is 0.400. The fourth-order valence-electron chi connectivity index (χ4n) is 2.69. The zero-order valence-electron chi connectivity index (χ0n) is 10.3. The molecule has 4 heteroatoms. The number of hydrogen-bond donors (Lipinski definition) is 1. The van der Waals surface area contributed by atoms with Crippen molar-refractivity contribution in [3.8, 4) is 0 Å². The summed E-state index contributed by atoms with van der Waals surface area (Å²) in [7, 11) is 3.97. The molecule has 1 unspecified atom stereocenters. The maximum atomic E-state index is 4.15. The summed E-state index contributed by atoms with van der Waals surface area (Å²) in [6, 6.07) is 0.555. The van der Waals surface area contributed by atoms with Gasteiger partial charge in [-0.25, -0.2) is 0 Å². The zero-order chi connectivity index (χ0) is 11.4. The number of nitrogens with one attached hydrogen (secondary N) is 1. The highest BCUT2D eigenvalue weighted by Crippen LogP contribution is 2.29. The van der Waals surface area contributed by atoms with E-state index in [9.17, 15) is 0 Å². The van der Waals surface area contributed by atoms with Gasteiger partial charge >= 0.3 is 0 Å². The van der Waals surface area contributed by atoms with E-state index in [2.05, 4.69) is 22.7 Å². The van der Waals surface area contributed by atoms with Crippen molar-refractivity contribution in [3.05, 3.63) is 11.9 Å². The SMILES string of the molecule is CNC(Cc1cn(C)nn1)CC1CCCC1. The highest BCUT2D eigenvalue weighted by molar-refractivity contribution is 4.96. The van der Waals surface area contributed by atoms with Crippen LogP contribution in [0.4, 0.5) is 0 Å². The molecule has 4 nitrogen and oxygen atoms in total. The quantitative estimate of drug-likeness (QED) is 0.821. The van der Waals surface area contributed by atoms with Gasteiger partial charge in [-0.2, -0.15) is 0 Å². The average Bonchev–Trinajstić information content (AvgIpc) is 2.89. The summed E-state index contributed by atoms with van der Waals surface area (Å²) < 4.78 is 1.78. The maximum Gasteiger partial charge on any atom is 0.0842 e. The summed E-state index contributed by atoms with van der Waals surface area (Å²) in [4.78, 5) is 0. The Morgan fingerprint density at radius 1 is 1.50 bits per heavy atom. The zero-order valence-corrected chi connectivity index (χ0v) is 10.3. The molecule has 90 valence electrons. The van der Waals surface area contributed by atoms with Crippen LogP contribution in [0.25, 0.3) is 0 Å². The monoisotopic (exact) mass is 222 g/mol. The predicted octanol–water partition coefficient (Wildman–Crippen LogP) is 1.53. The molecule has 16 heavy (non-hydrogen) atoms. The van der Waals surface area contributed by atoms with Crippen molar-refractivity contribution in [1.29, 1.82) is 0 Å². The van der Waals surface area contributed by atoms with Gasteiger partial charge in [-0.05, 0) is 19.4 Å². The Bertz CT molecular complexity index is 315. The van der Waals surface area contributed by atoms with Crippen molar-refractivity contribution >= 4 is 0 Å². The maximum absolute atomic E-state index is 4.15. The molecule has 0 radical (unpaired) electrons. The van der Waals surface area contributed by atoms with Crippen LogP contribution >= 0.6 is 0 Å². The molecule has 1 aliphatic rings. The van der Waals surface area contributed by atoms with Gasteiger partial charge in [-0.1, -0.05) is 30.9 Å². The predicted molar refractivity (Wildman–Crippen MR) is 64.1 cm³/mol. The summed E-state index contributed by atoms with van der Waals surface area (Å²) in [5, 5.41) is 11.5. The summed E-state index contributed by atoms with van der Waals surface area (Å²) >= 11 is 0. The summed E-state index contributed by atoms with van der Waals surface area (Å²) in [5.74, 6) is 0.925. The first-order valence-electron chi connectivity index (χ1n) is 6.30. The van der Waals surface area contributed by atoms with Gasteiger partial charge in [0.15, 0.2) is 0 Å². The first kappa shape index (κ1) is 11.6. The molecule has 0 aromatic carbocycles. The lowest BCUT2D eigenvalue weighted by Gasteiger charge is -2.18. The summed E-state index contributed by atoms with van der Waals surface area (Å²) in [6.45, 7) is 0. The molecule has 0 saturated heterocycles. The molecule has 1 aliphatic carbocycles. The van der Waals surface area contributed by atoms with E-state index in [-0.39, 0.29) is 0 Å². The summed E-state index contributed by atoms with van der Waals surface area (Å²) in [6.07, 6.45) is 9.97. The highest BCUT2D eigenvalue weighted by Gasteiger charge is 2.20. The van der Waals surface area contributed by atoms with Gasteiger partial charge in [0.05, 0.1) is 5.69 Å². The fourth-order valence-corrected chi connectivity index (χ4v) is 2.69. The highest BCUT2D eigenvalue weighted by atomic mass is 15.4. The van der Waals surface area contributed by atoms with Crippen LogP contribution < -0.4 is 5.32 Å². The molecular formula is C12H22N4.